The molecule has 0 bridgehead atoms. The number of aliphatic hydroxyl groups is 1. The fraction of sp³-hybridized carbons (Fsp3) is 0.545. The van der Waals surface area contributed by atoms with Crippen LogP contribution in [0.4, 0.5) is 0 Å². The molecule has 2 saturated heterocycles. The Labute approximate surface area is 176 Å². The van der Waals surface area contributed by atoms with Crippen molar-refractivity contribution in [3.05, 3.63) is 35.5 Å². The van der Waals surface area contributed by atoms with E-state index >= 15 is 0 Å². The standard InChI is InChI=1S/C22H29N3O5/c1-29-18-7-3-2-6-17(18)19-20(24-10-8-23(9-11-24)12-13-26)22(28)25(21(19)27)15-16-5-4-14-30-16/h2-3,6-7,16,26H,4-5,8-15H2,1H3. The van der Waals surface area contributed by atoms with Crippen molar-refractivity contribution < 1.29 is 24.2 Å². The van der Waals surface area contributed by atoms with Crippen molar-refractivity contribution in [1.29, 1.82) is 0 Å². The second-order valence-electron chi connectivity index (χ2n) is 7.83. The molecule has 0 aromatic heterocycles. The van der Waals surface area contributed by atoms with Crippen LogP contribution in [0.5, 0.6) is 5.75 Å². The minimum atomic E-state index is -0.284. The number of imide groups is 1. The number of carbonyl (C=O) groups excluding carboxylic acids is 2. The molecule has 2 fully saturated rings. The number of rotatable bonds is 7. The molecule has 1 unspecified atom stereocenters. The molecule has 3 heterocycles. The maximum Gasteiger partial charge on any atom is 0.277 e. The Morgan fingerprint density at radius 2 is 1.90 bits per heavy atom. The number of benzene rings is 1. The smallest absolute Gasteiger partial charge is 0.277 e. The van der Waals surface area contributed by atoms with Gasteiger partial charge in [-0.3, -0.25) is 19.4 Å². The Balaban J connectivity index is 1.67. The van der Waals surface area contributed by atoms with Gasteiger partial charge < -0.3 is 19.5 Å². The highest BCUT2D eigenvalue weighted by atomic mass is 16.5. The summed E-state index contributed by atoms with van der Waals surface area (Å²) >= 11 is 0. The zero-order valence-corrected chi connectivity index (χ0v) is 17.4. The molecule has 162 valence electrons. The summed E-state index contributed by atoms with van der Waals surface area (Å²) in [6, 6.07) is 7.33. The van der Waals surface area contributed by atoms with Crippen molar-refractivity contribution in [3.8, 4) is 5.75 Å². The van der Waals surface area contributed by atoms with Crippen molar-refractivity contribution in [2.24, 2.45) is 0 Å². The molecule has 30 heavy (non-hydrogen) atoms. The van der Waals surface area contributed by atoms with E-state index in [-0.39, 0.29) is 31.1 Å². The zero-order valence-electron chi connectivity index (χ0n) is 17.4. The molecule has 0 saturated carbocycles. The summed E-state index contributed by atoms with van der Waals surface area (Å²) in [6.07, 6.45) is 1.71. The highest BCUT2D eigenvalue weighted by Crippen LogP contribution is 2.37. The van der Waals surface area contributed by atoms with Gasteiger partial charge in [-0.25, -0.2) is 0 Å². The molecule has 8 heteroatoms. The molecule has 0 spiro atoms. The molecule has 4 rings (SSSR count). The van der Waals surface area contributed by atoms with Crippen molar-refractivity contribution >= 4 is 17.4 Å². The second kappa shape index (κ2) is 9.16. The van der Waals surface area contributed by atoms with Gasteiger partial charge in [0.1, 0.15) is 11.4 Å². The summed E-state index contributed by atoms with van der Waals surface area (Å²) in [5.74, 6) is 0.0313. The van der Waals surface area contributed by atoms with E-state index in [1.807, 2.05) is 23.1 Å². The third kappa shape index (κ3) is 3.95. The second-order valence-corrected chi connectivity index (χ2v) is 7.83. The number of hydrogen-bond acceptors (Lipinski definition) is 7. The number of carbonyl (C=O) groups is 2. The SMILES string of the molecule is COc1ccccc1C1=C(N2CCN(CCO)CC2)C(=O)N(CC2CCCO2)C1=O. The Bertz CT molecular complexity index is 826. The van der Waals surface area contributed by atoms with E-state index in [4.69, 9.17) is 9.47 Å². The lowest BCUT2D eigenvalue weighted by atomic mass is 10.0. The van der Waals surface area contributed by atoms with Gasteiger partial charge in [0.05, 0.1) is 31.9 Å². The topological polar surface area (TPSA) is 82.6 Å². The summed E-state index contributed by atoms with van der Waals surface area (Å²) in [5.41, 5.74) is 1.50. The molecule has 0 aliphatic carbocycles. The third-order valence-corrected chi connectivity index (χ3v) is 6.03. The molecule has 2 amide bonds. The van der Waals surface area contributed by atoms with Crippen LogP contribution in [0, 0.1) is 0 Å². The highest BCUT2D eigenvalue weighted by Gasteiger charge is 2.44. The monoisotopic (exact) mass is 415 g/mol. The van der Waals surface area contributed by atoms with E-state index in [1.165, 1.54) is 4.90 Å². The Kier molecular flexibility index (Phi) is 6.36. The van der Waals surface area contributed by atoms with Crippen LogP contribution in [0.3, 0.4) is 0 Å². The molecule has 8 nitrogen and oxygen atoms in total. The lowest BCUT2D eigenvalue weighted by Crippen LogP contribution is -2.48. The number of piperazine rings is 1. The van der Waals surface area contributed by atoms with Gasteiger partial charge in [-0.1, -0.05) is 18.2 Å². The molecule has 3 aliphatic heterocycles. The molecule has 0 radical (unpaired) electrons. The molecule has 1 aromatic rings. The van der Waals surface area contributed by atoms with E-state index in [0.29, 0.717) is 48.8 Å². The Hall–Kier alpha value is -2.42. The van der Waals surface area contributed by atoms with E-state index in [2.05, 4.69) is 4.90 Å². The number of β-amino-alcohol motifs (C(OH)–C–C–N with tert-alkyl or cyclic N) is 1. The minimum absolute atomic E-state index is 0.0995. The molecular formula is C22H29N3O5. The van der Waals surface area contributed by atoms with E-state index in [9.17, 15) is 14.7 Å². The van der Waals surface area contributed by atoms with Crippen molar-refractivity contribution in [2.45, 2.75) is 18.9 Å². The predicted octanol–water partition coefficient (Wildman–Crippen LogP) is 0.564. The third-order valence-electron chi connectivity index (χ3n) is 6.03. The van der Waals surface area contributed by atoms with Gasteiger partial charge >= 0.3 is 0 Å². The summed E-state index contributed by atoms with van der Waals surface area (Å²) in [5, 5.41) is 9.20. The van der Waals surface area contributed by atoms with Crippen LogP contribution in [0.15, 0.2) is 30.0 Å². The zero-order chi connectivity index (χ0) is 21.1. The fourth-order valence-corrected chi connectivity index (χ4v) is 4.44. The average Bonchev–Trinajstić information content (AvgIpc) is 3.37. The fourth-order valence-electron chi connectivity index (χ4n) is 4.44. The lowest BCUT2D eigenvalue weighted by Gasteiger charge is -2.36. The molecule has 1 N–H and O–H groups in total. The number of ether oxygens (including phenoxy) is 2. The minimum Gasteiger partial charge on any atom is -0.496 e. The molecule has 3 aliphatic rings. The van der Waals surface area contributed by atoms with Crippen LogP contribution in [0.1, 0.15) is 18.4 Å². The van der Waals surface area contributed by atoms with E-state index in [1.54, 1.807) is 13.2 Å². The van der Waals surface area contributed by atoms with Gasteiger partial charge in [0.2, 0.25) is 0 Å². The average molecular weight is 415 g/mol. The first-order chi connectivity index (χ1) is 14.6. The number of nitrogens with zero attached hydrogens (tertiary/aromatic N) is 3. The van der Waals surface area contributed by atoms with E-state index in [0.717, 1.165) is 25.9 Å². The maximum absolute atomic E-state index is 13.5. The van der Waals surface area contributed by atoms with Gasteiger partial charge in [0.25, 0.3) is 11.8 Å². The van der Waals surface area contributed by atoms with Gasteiger partial charge in [-0.05, 0) is 18.9 Å². The number of hydrogen-bond donors (Lipinski definition) is 1. The first kappa shape index (κ1) is 20.8. The summed E-state index contributed by atoms with van der Waals surface area (Å²) < 4.78 is 11.2. The van der Waals surface area contributed by atoms with Crippen LogP contribution in [0.25, 0.3) is 5.57 Å². The van der Waals surface area contributed by atoms with Gasteiger partial charge in [0, 0.05) is 44.9 Å². The number of amides is 2. The number of para-hydroxylation sites is 1. The summed E-state index contributed by atoms with van der Waals surface area (Å²) in [7, 11) is 1.57. The van der Waals surface area contributed by atoms with Crippen LogP contribution >= 0.6 is 0 Å². The quantitative estimate of drug-likeness (QED) is 0.652. The van der Waals surface area contributed by atoms with Crippen molar-refractivity contribution in [1.82, 2.24) is 14.7 Å². The van der Waals surface area contributed by atoms with Gasteiger partial charge in [-0.2, -0.15) is 0 Å². The number of aliphatic hydroxyl groups excluding tert-OH is 1. The normalized spacial score (nSPS) is 23.1. The van der Waals surface area contributed by atoms with Crippen LogP contribution in [-0.4, -0.2) is 97.3 Å². The van der Waals surface area contributed by atoms with Crippen molar-refractivity contribution in [3.63, 3.8) is 0 Å². The summed E-state index contributed by atoms with van der Waals surface area (Å²) in [6.45, 7) is 4.40. The van der Waals surface area contributed by atoms with Crippen LogP contribution in [-0.2, 0) is 14.3 Å². The first-order valence-electron chi connectivity index (χ1n) is 10.6. The van der Waals surface area contributed by atoms with Crippen LogP contribution < -0.4 is 4.74 Å². The lowest BCUT2D eigenvalue weighted by molar-refractivity contribution is -0.139. The predicted molar refractivity (Wildman–Crippen MR) is 111 cm³/mol. The first-order valence-corrected chi connectivity index (χ1v) is 10.6. The van der Waals surface area contributed by atoms with Crippen molar-refractivity contribution in [2.75, 3.05) is 59.6 Å². The Morgan fingerprint density at radius 1 is 1.13 bits per heavy atom. The molecule has 1 atom stereocenters. The molecular weight excluding hydrogens is 386 g/mol. The maximum atomic E-state index is 13.5. The summed E-state index contributed by atoms with van der Waals surface area (Å²) in [4.78, 5) is 32.4. The highest BCUT2D eigenvalue weighted by molar-refractivity contribution is 6.36. The van der Waals surface area contributed by atoms with Gasteiger partial charge in [-0.15, -0.1) is 0 Å². The van der Waals surface area contributed by atoms with Gasteiger partial charge in [0.15, 0.2) is 0 Å². The molecule has 1 aromatic carbocycles. The number of methoxy groups -OCH3 is 1. The largest absolute Gasteiger partial charge is 0.496 e. The van der Waals surface area contributed by atoms with E-state index < -0.39 is 0 Å². The Morgan fingerprint density at radius 3 is 2.57 bits per heavy atom. The van der Waals surface area contributed by atoms with Crippen LogP contribution in [0.2, 0.25) is 0 Å².